The van der Waals surface area contributed by atoms with E-state index in [1.54, 1.807) is 6.92 Å². The predicted octanol–water partition coefficient (Wildman–Crippen LogP) is 0.947. The number of rotatable bonds is 2. The predicted molar refractivity (Wildman–Crippen MR) is 80.8 cm³/mol. The fourth-order valence-electron chi connectivity index (χ4n) is 2.30. The zero-order valence-corrected chi connectivity index (χ0v) is 12.4. The molecular weight excluding hydrogens is 288 g/mol. The number of piperidine rings is 1. The summed E-state index contributed by atoms with van der Waals surface area (Å²) in [5.41, 5.74) is 1.02. The van der Waals surface area contributed by atoms with E-state index in [2.05, 4.69) is 5.32 Å². The van der Waals surface area contributed by atoms with E-state index in [0.29, 0.717) is 6.04 Å². The van der Waals surface area contributed by atoms with E-state index >= 15 is 0 Å². The summed E-state index contributed by atoms with van der Waals surface area (Å²) in [6.45, 7) is 3.65. The van der Waals surface area contributed by atoms with E-state index in [0.717, 1.165) is 31.6 Å². The van der Waals surface area contributed by atoms with Gasteiger partial charge in [-0.05, 0) is 38.1 Å². The van der Waals surface area contributed by atoms with Gasteiger partial charge in [0.15, 0.2) is 0 Å². The lowest BCUT2D eigenvalue weighted by Crippen LogP contribution is -2.45. The molecule has 0 spiro atoms. The maximum absolute atomic E-state index is 11.7. The maximum atomic E-state index is 11.7. The second kappa shape index (κ2) is 8.78. The second-order valence-electron chi connectivity index (χ2n) is 4.82. The number of hydrogen-bond donors (Lipinski definition) is 3. The highest BCUT2D eigenvalue weighted by Gasteiger charge is 2.23. The molecule has 0 atom stereocenters. The monoisotopic (exact) mass is 308 g/mol. The van der Waals surface area contributed by atoms with Crippen LogP contribution in [0.4, 0.5) is 5.69 Å². The summed E-state index contributed by atoms with van der Waals surface area (Å²) in [5, 5.41) is 18.1. The van der Waals surface area contributed by atoms with Crippen LogP contribution in [-0.4, -0.2) is 47.2 Å². The van der Waals surface area contributed by atoms with Gasteiger partial charge < -0.3 is 20.4 Å². The first kappa shape index (κ1) is 17.6. The quantitative estimate of drug-likeness (QED) is 0.702. The van der Waals surface area contributed by atoms with Crippen molar-refractivity contribution in [1.82, 2.24) is 5.32 Å². The minimum absolute atomic E-state index is 0.137. The Balaban J connectivity index is 0.000000346. The van der Waals surface area contributed by atoms with Crippen molar-refractivity contribution in [2.45, 2.75) is 25.8 Å². The topological polar surface area (TPSA) is 107 Å². The molecule has 7 nitrogen and oxygen atoms in total. The number of benzene rings is 1. The van der Waals surface area contributed by atoms with Crippen LogP contribution in [-0.2, 0) is 14.4 Å². The van der Waals surface area contributed by atoms with Crippen LogP contribution in [0.25, 0.3) is 0 Å². The van der Waals surface area contributed by atoms with Gasteiger partial charge in [-0.2, -0.15) is 0 Å². The van der Waals surface area contributed by atoms with Gasteiger partial charge in [-0.15, -0.1) is 0 Å². The Labute approximate surface area is 128 Å². The van der Waals surface area contributed by atoms with E-state index in [-0.39, 0.29) is 5.91 Å². The van der Waals surface area contributed by atoms with E-state index in [1.807, 2.05) is 35.2 Å². The summed E-state index contributed by atoms with van der Waals surface area (Å²) < 4.78 is 0. The highest BCUT2D eigenvalue weighted by Crippen LogP contribution is 2.21. The Morgan fingerprint density at radius 1 is 1.05 bits per heavy atom. The maximum Gasteiger partial charge on any atom is 0.414 e. The van der Waals surface area contributed by atoms with Crippen molar-refractivity contribution in [2.24, 2.45) is 0 Å². The van der Waals surface area contributed by atoms with Gasteiger partial charge in [0.1, 0.15) is 0 Å². The van der Waals surface area contributed by atoms with Crippen molar-refractivity contribution in [3.63, 3.8) is 0 Å². The lowest BCUT2D eigenvalue weighted by atomic mass is 10.0. The van der Waals surface area contributed by atoms with Crippen molar-refractivity contribution in [1.29, 1.82) is 0 Å². The number of aliphatic carboxylic acids is 2. The number of carbonyl (C=O) groups is 3. The van der Waals surface area contributed by atoms with Crippen LogP contribution >= 0.6 is 0 Å². The molecule has 0 saturated carbocycles. The zero-order valence-electron chi connectivity index (χ0n) is 12.4. The summed E-state index contributed by atoms with van der Waals surface area (Å²) >= 11 is 0. The summed E-state index contributed by atoms with van der Waals surface area (Å²) in [6.07, 6.45) is 2.07. The molecular formula is C15H20N2O5. The third kappa shape index (κ3) is 5.53. The third-order valence-electron chi connectivity index (χ3n) is 3.23. The van der Waals surface area contributed by atoms with Gasteiger partial charge in [-0.3, -0.25) is 4.79 Å². The summed E-state index contributed by atoms with van der Waals surface area (Å²) in [7, 11) is 0. The number of hydrogen-bond acceptors (Lipinski definition) is 4. The minimum atomic E-state index is -1.82. The Morgan fingerprint density at radius 3 is 1.95 bits per heavy atom. The summed E-state index contributed by atoms with van der Waals surface area (Å²) in [6, 6.07) is 10.3. The molecule has 1 aliphatic heterocycles. The first-order valence-electron chi connectivity index (χ1n) is 6.95. The molecule has 0 aromatic heterocycles. The Bertz CT molecular complexity index is 500. The molecule has 1 fully saturated rings. The highest BCUT2D eigenvalue weighted by molar-refractivity contribution is 6.27. The molecule has 1 heterocycles. The third-order valence-corrected chi connectivity index (χ3v) is 3.23. The molecule has 7 heteroatoms. The van der Waals surface area contributed by atoms with Crippen LogP contribution in [0.1, 0.15) is 19.8 Å². The van der Waals surface area contributed by atoms with Crippen LogP contribution in [0.5, 0.6) is 0 Å². The van der Waals surface area contributed by atoms with E-state index in [4.69, 9.17) is 19.8 Å². The van der Waals surface area contributed by atoms with Gasteiger partial charge in [0.05, 0.1) is 0 Å². The van der Waals surface area contributed by atoms with Gasteiger partial charge in [0.25, 0.3) is 0 Å². The number of nitrogens with one attached hydrogen (secondary N) is 1. The molecule has 1 aliphatic rings. The molecule has 2 rings (SSSR count). The number of nitrogens with zero attached hydrogens (tertiary/aromatic N) is 1. The first-order chi connectivity index (χ1) is 10.4. The average molecular weight is 308 g/mol. The Kier molecular flexibility index (Phi) is 7.04. The largest absolute Gasteiger partial charge is 0.473 e. The van der Waals surface area contributed by atoms with E-state index < -0.39 is 11.9 Å². The van der Waals surface area contributed by atoms with E-state index in [9.17, 15) is 4.79 Å². The fourth-order valence-corrected chi connectivity index (χ4v) is 2.30. The smallest absolute Gasteiger partial charge is 0.414 e. The zero-order chi connectivity index (χ0) is 16.5. The molecule has 1 amide bonds. The van der Waals surface area contributed by atoms with Gasteiger partial charge in [-0.1, -0.05) is 18.2 Å². The Morgan fingerprint density at radius 2 is 1.55 bits per heavy atom. The van der Waals surface area contributed by atoms with Crippen LogP contribution in [0.2, 0.25) is 0 Å². The number of carbonyl (C=O) groups excluding carboxylic acids is 1. The molecule has 1 aromatic carbocycles. The molecule has 1 saturated heterocycles. The second-order valence-corrected chi connectivity index (χ2v) is 4.82. The molecule has 0 aliphatic carbocycles. The molecule has 1 aromatic rings. The lowest BCUT2D eigenvalue weighted by Gasteiger charge is -2.34. The lowest BCUT2D eigenvalue weighted by molar-refractivity contribution is -0.159. The molecule has 0 unspecified atom stereocenters. The number of para-hydroxylation sites is 1. The molecule has 0 bridgehead atoms. The normalized spacial score (nSPS) is 14.4. The van der Waals surface area contributed by atoms with Crippen LogP contribution in [0.15, 0.2) is 30.3 Å². The molecule has 0 radical (unpaired) electrons. The molecule has 3 N–H and O–H groups in total. The van der Waals surface area contributed by atoms with Crippen LogP contribution in [0.3, 0.4) is 0 Å². The minimum Gasteiger partial charge on any atom is -0.473 e. The summed E-state index contributed by atoms with van der Waals surface area (Å²) in [5.74, 6) is -3.51. The summed E-state index contributed by atoms with van der Waals surface area (Å²) in [4.78, 5) is 31.9. The van der Waals surface area contributed by atoms with Crippen LogP contribution < -0.4 is 10.2 Å². The number of amides is 1. The SMILES string of the molecule is CC(=O)N(c1ccccc1)C1CCNCC1.O=C(O)C(=O)O. The van der Waals surface area contributed by atoms with Gasteiger partial charge >= 0.3 is 11.9 Å². The van der Waals surface area contributed by atoms with Crippen molar-refractivity contribution in [3.8, 4) is 0 Å². The average Bonchev–Trinajstić information content (AvgIpc) is 2.50. The molecule has 120 valence electrons. The van der Waals surface area contributed by atoms with Crippen molar-refractivity contribution in [2.75, 3.05) is 18.0 Å². The standard InChI is InChI=1S/C13H18N2O.C2H2O4/c1-11(16)15(12-5-3-2-4-6-12)13-7-9-14-10-8-13;3-1(4)2(5)6/h2-6,13-14H,7-10H2,1H3;(H,3,4)(H,5,6). The van der Waals surface area contributed by atoms with Crippen molar-refractivity contribution < 1.29 is 24.6 Å². The van der Waals surface area contributed by atoms with Gasteiger partial charge in [0, 0.05) is 18.7 Å². The van der Waals surface area contributed by atoms with Gasteiger partial charge in [0.2, 0.25) is 5.91 Å². The Hall–Kier alpha value is -2.41. The number of carboxylic acids is 2. The van der Waals surface area contributed by atoms with Crippen molar-refractivity contribution in [3.05, 3.63) is 30.3 Å². The highest BCUT2D eigenvalue weighted by atomic mass is 16.4. The number of carboxylic acid groups (broad SMARTS) is 2. The van der Waals surface area contributed by atoms with E-state index in [1.165, 1.54) is 0 Å². The molecule has 22 heavy (non-hydrogen) atoms. The number of anilines is 1. The van der Waals surface area contributed by atoms with Crippen LogP contribution in [0, 0.1) is 0 Å². The first-order valence-corrected chi connectivity index (χ1v) is 6.95. The van der Waals surface area contributed by atoms with Crippen molar-refractivity contribution >= 4 is 23.5 Å². The fraction of sp³-hybridized carbons (Fsp3) is 0.400. The van der Waals surface area contributed by atoms with Gasteiger partial charge in [-0.25, -0.2) is 9.59 Å².